The summed E-state index contributed by atoms with van der Waals surface area (Å²) in [5, 5.41) is 3.19. The van der Waals surface area contributed by atoms with Crippen molar-refractivity contribution in [1.82, 2.24) is 5.32 Å². The van der Waals surface area contributed by atoms with E-state index >= 15 is 0 Å². The molecule has 0 saturated carbocycles. The predicted molar refractivity (Wildman–Crippen MR) is 90.8 cm³/mol. The van der Waals surface area contributed by atoms with Gasteiger partial charge in [-0.15, -0.1) is 0 Å². The molecule has 1 aliphatic rings. The number of rotatable bonds is 4. The van der Waals surface area contributed by atoms with Crippen molar-refractivity contribution in [1.29, 1.82) is 0 Å². The number of nitrogens with one attached hydrogen (secondary N) is 1. The van der Waals surface area contributed by atoms with Gasteiger partial charge in [-0.25, -0.2) is 9.38 Å². The molecule has 0 radical (unpaired) electrons. The van der Waals surface area contributed by atoms with Crippen LogP contribution in [-0.4, -0.2) is 20.2 Å². The van der Waals surface area contributed by atoms with Crippen molar-refractivity contribution in [3.63, 3.8) is 0 Å². The lowest BCUT2D eigenvalue weighted by molar-refractivity contribution is 0.386. The van der Waals surface area contributed by atoms with Gasteiger partial charge in [-0.3, -0.25) is 0 Å². The first-order chi connectivity index (χ1) is 11.6. The Morgan fingerprint density at radius 3 is 2.54 bits per heavy atom. The van der Waals surface area contributed by atoms with Gasteiger partial charge in [0.05, 0.1) is 26.3 Å². The van der Waals surface area contributed by atoms with Crippen LogP contribution in [0.1, 0.15) is 29.6 Å². The zero-order chi connectivity index (χ0) is 17.1. The molecule has 126 valence electrons. The number of nitrogens with two attached hydrogens (primary N) is 1. The minimum atomic E-state index is -0.268. The zero-order valence-corrected chi connectivity index (χ0v) is 13.6. The van der Waals surface area contributed by atoms with Gasteiger partial charge in [0, 0.05) is 5.56 Å². The van der Waals surface area contributed by atoms with Gasteiger partial charge in [0.15, 0.2) is 5.96 Å². The number of hydrogen-bond donors (Lipinski definition) is 2. The maximum atomic E-state index is 13.2. The molecule has 0 aliphatic carbocycles. The summed E-state index contributed by atoms with van der Waals surface area (Å²) in [5.41, 5.74) is 7.84. The molecule has 0 amide bonds. The van der Waals surface area contributed by atoms with Gasteiger partial charge >= 0.3 is 0 Å². The van der Waals surface area contributed by atoms with Gasteiger partial charge in [0.25, 0.3) is 0 Å². The van der Waals surface area contributed by atoms with E-state index in [1.54, 1.807) is 26.4 Å². The minimum Gasteiger partial charge on any atom is -0.497 e. The molecule has 1 heterocycles. The molecule has 2 atom stereocenters. The Hall–Kier alpha value is -2.76. The molecule has 2 aromatic rings. The van der Waals surface area contributed by atoms with Crippen molar-refractivity contribution >= 4 is 5.96 Å². The number of halogens is 1. The van der Waals surface area contributed by atoms with E-state index in [0.717, 1.165) is 22.6 Å². The van der Waals surface area contributed by atoms with Gasteiger partial charge in [0.1, 0.15) is 17.3 Å². The van der Waals surface area contributed by atoms with Gasteiger partial charge < -0.3 is 20.5 Å². The SMILES string of the molecule is COc1ccc(OC)c(C2CC(c3ccc(F)cc3)N=C(N)N2)c1. The molecule has 2 unspecified atom stereocenters. The highest BCUT2D eigenvalue weighted by Crippen LogP contribution is 2.37. The Labute approximate surface area is 140 Å². The van der Waals surface area contributed by atoms with E-state index in [0.29, 0.717) is 12.4 Å². The number of nitrogens with zero attached hydrogens (tertiary/aromatic N) is 1. The van der Waals surface area contributed by atoms with Crippen molar-refractivity contribution in [2.24, 2.45) is 10.7 Å². The first kappa shape index (κ1) is 16.1. The van der Waals surface area contributed by atoms with Crippen molar-refractivity contribution in [2.45, 2.75) is 18.5 Å². The van der Waals surface area contributed by atoms with Crippen molar-refractivity contribution < 1.29 is 13.9 Å². The second kappa shape index (κ2) is 6.78. The first-order valence-electron chi connectivity index (χ1n) is 7.68. The molecule has 3 N–H and O–H groups in total. The van der Waals surface area contributed by atoms with E-state index in [9.17, 15) is 4.39 Å². The average molecular weight is 329 g/mol. The van der Waals surface area contributed by atoms with Crippen LogP contribution < -0.4 is 20.5 Å². The fourth-order valence-electron chi connectivity index (χ4n) is 2.93. The van der Waals surface area contributed by atoms with Gasteiger partial charge in [-0.1, -0.05) is 12.1 Å². The monoisotopic (exact) mass is 329 g/mol. The normalized spacial score (nSPS) is 20.0. The lowest BCUT2D eigenvalue weighted by Crippen LogP contribution is -2.39. The Kier molecular flexibility index (Phi) is 4.55. The van der Waals surface area contributed by atoms with Crippen LogP contribution in [0.2, 0.25) is 0 Å². The van der Waals surface area contributed by atoms with E-state index in [4.69, 9.17) is 15.2 Å². The Balaban J connectivity index is 1.93. The summed E-state index contributed by atoms with van der Waals surface area (Å²) in [7, 11) is 3.25. The average Bonchev–Trinajstić information content (AvgIpc) is 2.61. The van der Waals surface area contributed by atoms with Crippen LogP contribution in [-0.2, 0) is 0 Å². The number of aliphatic imine (C=N–C) groups is 1. The smallest absolute Gasteiger partial charge is 0.189 e. The van der Waals surface area contributed by atoms with Crippen LogP contribution in [0.25, 0.3) is 0 Å². The molecule has 0 aromatic heterocycles. The molecule has 0 spiro atoms. The van der Waals surface area contributed by atoms with E-state index < -0.39 is 0 Å². The zero-order valence-electron chi connectivity index (χ0n) is 13.6. The number of benzene rings is 2. The fourth-order valence-corrected chi connectivity index (χ4v) is 2.93. The highest BCUT2D eigenvalue weighted by atomic mass is 19.1. The summed E-state index contributed by atoms with van der Waals surface area (Å²) in [6.07, 6.45) is 0.676. The number of ether oxygens (including phenoxy) is 2. The third-order valence-electron chi connectivity index (χ3n) is 4.14. The van der Waals surface area contributed by atoms with Crippen LogP contribution in [0.15, 0.2) is 47.5 Å². The van der Waals surface area contributed by atoms with E-state index in [-0.39, 0.29) is 17.9 Å². The molecule has 0 fully saturated rings. The predicted octanol–water partition coefficient (Wildman–Crippen LogP) is 2.93. The minimum absolute atomic E-state index is 0.0809. The molecule has 1 aliphatic heterocycles. The third-order valence-corrected chi connectivity index (χ3v) is 4.14. The fraction of sp³-hybridized carbons (Fsp3) is 0.278. The van der Waals surface area contributed by atoms with Crippen molar-refractivity contribution in [3.8, 4) is 11.5 Å². The van der Waals surface area contributed by atoms with Crippen LogP contribution in [0, 0.1) is 5.82 Å². The lowest BCUT2D eigenvalue weighted by Gasteiger charge is -2.29. The molecule has 0 saturated heterocycles. The van der Waals surface area contributed by atoms with Crippen LogP contribution in [0.3, 0.4) is 0 Å². The Bertz CT molecular complexity index is 746. The van der Waals surface area contributed by atoms with Gasteiger partial charge in [0.2, 0.25) is 0 Å². The molecule has 5 nitrogen and oxygen atoms in total. The third kappa shape index (κ3) is 3.27. The van der Waals surface area contributed by atoms with E-state index in [1.807, 2.05) is 18.2 Å². The van der Waals surface area contributed by atoms with Gasteiger partial charge in [-0.2, -0.15) is 0 Å². The summed E-state index contributed by atoms with van der Waals surface area (Å²) >= 11 is 0. The Morgan fingerprint density at radius 1 is 1.12 bits per heavy atom. The number of methoxy groups -OCH3 is 2. The molecule has 2 aromatic carbocycles. The summed E-state index contributed by atoms with van der Waals surface area (Å²) in [6.45, 7) is 0. The maximum absolute atomic E-state index is 13.2. The molecular weight excluding hydrogens is 309 g/mol. The van der Waals surface area contributed by atoms with Crippen LogP contribution in [0.4, 0.5) is 4.39 Å². The largest absolute Gasteiger partial charge is 0.497 e. The Morgan fingerprint density at radius 2 is 1.88 bits per heavy atom. The lowest BCUT2D eigenvalue weighted by atomic mass is 9.93. The molecule has 24 heavy (non-hydrogen) atoms. The van der Waals surface area contributed by atoms with Crippen LogP contribution >= 0.6 is 0 Å². The summed E-state index contributed by atoms with van der Waals surface area (Å²) in [5.74, 6) is 1.58. The molecule has 0 bridgehead atoms. The topological polar surface area (TPSA) is 68.9 Å². The second-order valence-corrected chi connectivity index (χ2v) is 5.62. The highest BCUT2D eigenvalue weighted by Gasteiger charge is 2.27. The number of hydrogen-bond acceptors (Lipinski definition) is 5. The van der Waals surface area contributed by atoms with E-state index in [1.165, 1.54) is 12.1 Å². The summed E-state index contributed by atoms with van der Waals surface area (Å²) in [6, 6.07) is 11.8. The molecule has 6 heteroatoms. The summed E-state index contributed by atoms with van der Waals surface area (Å²) < 4.78 is 23.9. The van der Waals surface area contributed by atoms with Crippen molar-refractivity contribution in [3.05, 3.63) is 59.4 Å². The van der Waals surface area contributed by atoms with Crippen LogP contribution in [0.5, 0.6) is 11.5 Å². The van der Waals surface area contributed by atoms with Crippen molar-refractivity contribution in [2.75, 3.05) is 14.2 Å². The first-order valence-corrected chi connectivity index (χ1v) is 7.68. The molecular formula is C18H20FN3O2. The molecule has 3 rings (SSSR count). The number of guanidine groups is 1. The summed E-state index contributed by atoms with van der Waals surface area (Å²) in [4.78, 5) is 4.44. The van der Waals surface area contributed by atoms with Gasteiger partial charge in [-0.05, 0) is 42.3 Å². The quantitative estimate of drug-likeness (QED) is 0.905. The maximum Gasteiger partial charge on any atom is 0.189 e. The highest BCUT2D eigenvalue weighted by molar-refractivity contribution is 5.79. The standard InChI is InChI=1S/C18H20FN3O2/c1-23-13-7-8-17(24-2)14(9-13)16-10-15(21-18(20)22-16)11-3-5-12(19)6-4-11/h3-9,15-16H,10H2,1-2H3,(H3,20,21,22). The second-order valence-electron chi connectivity index (χ2n) is 5.62. The van der Waals surface area contributed by atoms with E-state index in [2.05, 4.69) is 10.3 Å².